The van der Waals surface area contributed by atoms with E-state index in [-0.39, 0.29) is 23.5 Å². The van der Waals surface area contributed by atoms with E-state index >= 15 is 0 Å². The zero-order chi connectivity index (χ0) is 24.0. The first-order chi connectivity index (χ1) is 17.0. The number of carbonyl (C=O) groups excluding carboxylic acids is 1. The zero-order valence-corrected chi connectivity index (χ0v) is 20.4. The van der Waals surface area contributed by atoms with E-state index in [0.29, 0.717) is 5.02 Å². The third-order valence-corrected chi connectivity index (χ3v) is 8.47. The molecule has 1 aliphatic carbocycles. The number of anilines is 1. The highest BCUT2D eigenvalue weighted by Crippen LogP contribution is 2.43. The molecule has 3 aliphatic rings. The Morgan fingerprint density at radius 2 is 1.77 bits per heavy atom. The number of carbonyl (C=O) groups is 1. The molecule has 6 rings (SSSR count). The van der Waals surface area contributed by atoms with Gasteiger partial charge in [0.25, 0.3) is 0 Å². The average molecular weight is 492 g/mol. The zero-order valence-electron chi connectivity index (χ0n) is 19.7. The Morgan fingerprint density at radius 1 is 1.00 bits per heavy atom. The van der Waals surface area contributed by atoms with Crippen LogP contribution in [0.4, 0.5) is 5.69 Å². The summed E-state index contributed by atoms with van der Waals surface area (Å²) in [4.78, 5) is 19.1. The number of piperidine rings is 1. The van der Waals surface area contributed by atoms with Gasteiger partial charge in [0.1, 0.15) is 0 Å². The normalized spacial score (nSPS) is 23.7. The highest BCUT2D eigenvalue weighted by Gasteiger charge is 2.44. The number of hydrogen-bond acceptors (Lipinski definition) is 5. The van der Waals surface area contributed by atoms with Crippen molar-refractivity contribution in [2.24, 2.45) is 5.41 Å². The van der Waals surface area contributed by atoms with Crippen molar-refractivity contribution in [1.82, 2.24) is 20.1 Å². The van der Waals surface area contributed by atoms with Crippen LogP contribution in [0.3, 0.4) is 0 Å². The fourth-order valence-corrected chi connectivity index (χ4v) is 6.33. The van der Waals surface area contributed by atoms with E-state index in [1.807, 2.05) is 23.3 Å². The Bertz CT molecular complexity index is 1230. The fourth-order valence-electron chi connectivity index (χ4n) is 6.05. The summed E-state index contributed by atoms with van der Waals surface area (Å²) in [5, 5.41) is 18.4. The molecule has 35 heavy (non-hydrogen) atoms. The summed E-state index contributed by atoms with van der Waals surface area (Å²) in [5.41, 5.74) is 4.95. The van der Waals surface area contributed by atoms with E-state index in [1.54, 1.807) is 6.20 Å². The predicted molar refractivity (Wildman–Crippen MR) is 136 cm³/mol. The second-order valence-electron chi connectivity index (χ2n) is 10.1. The molecule has 182 valence electrons. The van der Waals surface area contributed by atoms with Crippen molar-refractivity contribution in [1.29, 1.82) is 0 Å². The summed E-state index contributed by atoms with van der Waals surface area (Å²) in [6.07, 6.45) is 12.6. The van der Waals surface area contributed by atoms with Crippen LogP contribution in [-0.4, -0.2) is 51.5 Å². The molecule has 2 atom stereocenters. The lowest BCUT2D eigenvalue weighted by Crippen LogP contribution is -2.44. The van der Waals surface area contributed by atoms with Crippen molar-refractivity contribution in [2.45, 2.75) is 50.7 Å². The van der Waals surface area contributed by atoms with Crippen molar-refractivity contribution in [3.8, 4) is 22.3 Å². The van der Waals surface area contributed by atoms with Gasteiger partial charge in [-0.15, -0.1) is 0 Å². The summed E-state index contributed by atoms with van der Waals surface area (Å²) in [7, 11) is 0. The molecule has 2 saturated heterocycles. The first-order valence-electron chi connectivity index (χ1n) is 12.5. The number of halogens is 1. The Kier molecular flexibility index (Phi) is 5.77. The number of hydrogen-bond donors (Lipinski definition) is 2. The Morgan fingerprint density at radius 3 is 2.46 bits per heavy atom. The van der Waals surface area contributed by atoms with Gasteiger partial charge < -0.3 is 15.3 Å². The third-order valence-electron chi connectivity index (χ3n) is 8.19. The van der Waals surface area contributed by atoms with Crippen molar-refractivity contribution in [2.75, 3.05) is 24.5 Å². The summed E-state index contributed by atoms with van der Waals surface area (Å²) >= 11 is 6.68. The Balaban J connectivity index is 1.24. The fraction of sp³-hybridized carbons (Fsp3) is 0.444. The van der Waals surface area contributed by atoms with E-state index in [4.69, 9.17) is 11.6 Å². The highest BCUT2D eigenvalue weighted by atomic mass is 35.5. The van der Waals surface area contributed by atoms with Crippen LogP contribution in [0.1, 0.15) is 44.6 Å². The molecule has 4 heterocycles. The number of aromatic nitrogens is 3. The second kappa shape index (κ2) is 8.95. The molecule has 0 radical (unpaired) electrons. The number of nitrogens with one attached hydrogen (secondary N) is 1. The van der Waals surface area contributed by atoms with Gasteiger partial charge in [0.05, 0.1) is 34.5 Å². The number of pyridine rings is 1. The molecule has 0 bridgehead atoms. The van der Waals surface area contributed by atoms with Crippen LogP contribution in [0.2, 0.25) is 5.02 Å². The smallest absolute Gasteiger partial charge is 0.226 e. The summed E-state index contributed by atoms with van der Waals surface area (Å²) in [6, 6.07) is 8.47. The number of rotatable bonds is 4. The van der Waals surface area contributed by atoms with E-state index in [1.165, 1.54) is 0 Å². The Hall–Kier alpha value is -2.90. The lowest BCUT2D eigenvalue weighted by Gasteiger charge is -2.39. The first-order valence-corrected chi connectivity index (χ1v) is 12.9. The minimum atomic E-state index is -0.313. The van der Waals surface area contributed by atoms with Crippen LogP contribution in [-0.2, 0) is 4.79 Å². The quantitative estimate of drug-likeness (QED) is 0.563. The van der Waals surface area contributed by atoms with Crippen LogP contribution in [0.25, 0.3) is 22.3 Å². The molecule has 1 amide bonds. The van der Waals surface area contributed by atoms with Gasteiger partial charge in [0, 0.05) is 49.4 Å². The van der Waals surface area contributed by atoms with Gasteiger partial charge in [-0.2, -0.15) is 5.10 Å². The van der Waals surface area contributed by atoms with Crippen molar-refractivity contribution in [3.63, 3.8) is 0 Å². The minimum absolute atomic E-state index is 0.0714. The molecular weight excluding hydrogens is 462 g/mol. The third kappa shape index (κ3) is 4.00. The topological polar surface area (TPSA) is 83.3 Å². The van der Waals surface area contributed by atoms with Crippen LogP contribution in [0.5, 0.6) is 0 Å². The maximum atomic E-state index is 12.4. The van der Waals surface area contributed by atoms with Crippen LogP contribution < -0.4 is 10.2 Å². The van der Waals surface area contributed by atoms with Crippen molar-refractivity contribution >= 4 is 23.2 Å². The Labute approximate surface area is 210 Å². The van der Waals surface area contributed by atoms with Gasteiger partial charge in [-0.05, 0) is 49.7 Å². The van der Waals surface area contributed by atoms with Gasteiger partial charge in [0.2, 0.25) is 5.91 Å². The molecule has 3 fully saturated rings. The lowest BCUT2D eigenvalue weighted by atomic mass is 9.77. The number of nitrogens with zero attached hydrogens (tertiary/aromatic N) is 4. The molecular formula is C27H30ClN5O2. The van der Waals surface area contributed by atoms with E-state index in [2.05, 4.69) is 44.6 Å². The summed E-state index contributed by atoms with van der Waals surface area (Å²) in [6.45, 7) is 2.38. The molecule has 3 aromatic rings. The number of benzene rings is 1. The van der Waals surface area contributed by atoms with Gasteiger partial charge in [-0.3, -0.25) is 14.5 Å². The monoisotopic (exact) mass is 491 g/mol. The standard InChI is InChI=1S/C27H30ClN5O2/c28-22-16-29-15-21(25(22)32-12-9-27(10-13-32)8-11-30-26(27)35)19-6-4-18(5-7-19)20-14-31-33(17-20)23-2-1-3-24(23)34/h4-7,14-17,23-24,34H,1-3,8-13H2,(H,30,35)/t23-,24-/m0/s1. The molecule has 1 spiro atoms. The molecule has 7 nitrogen and oxygen atoms in total. The van der Waals surface area contributed by atoms with Gasteiger partial charge in [-0.1, -0.05) is 35.9 Å². The predicted octanol–water partition coefficient (Wildman–Crippen LogP) is 4.46. The van der Waals surface area contributed by atoms with Gasteiger partial charge >= 0.3 is 0 Å². The van der Waals surface area contributed by atoms with Gasteiger partial charge in [0.15, 0.2) is 0 Å². The van der Waals surface area contributed by atoms with E-state index in [0.717, 1.165) is 86.1 Å². The molecule has 8 heteroatoms. The summed E-state index contributed by atoms with van der Waals surface area (Å²) in [5.74, 6) is 0.208. The average Bonchev–Trinajstić information content (AvgIpc) is 3.61. The molecule has 1 aromatic carbocycles. The van der Waals surface area contributed by atoms with E-state index in [9.17, 15) is 9.90 Å². The van der Waals surface area contributed by atoms with Gasteiger partial charge in [-0.25, -0.2) is 0 Å². The highest BCUT2D eigenvalue weighted by molar-refractivity contribution is 6.33. The van der Waals surface area contributed by atoms with Crippen molar-refractivity contribution in [3.05, 3.63) is 54.1 Å². The maximum absolute atomic E-state index is 12.4. The SMILES string of the molecule is O=C1NCCC12CCN(c1c(Cl)cncc1-c1ccc(-c3cnn([C@H]4CCC[C@@H]4O)c3)cc1)CC2. The summed E-state index contributed by atoms with van der Waals surface area (Å²) < 4.78 is 1.91. The van der Waals surface area contributed by atoms with Crippen molar-refractivity contribution < 1.29 is 9.90 Å². The first kappa shape index (κ1) is 22.6. The van der Waals surface area contributed by atoms with Crippen LogP contribution in [0.15, 0.2) is 49.1 Å². The number of aliphatic hydroxyl groups excluding tert-OH is 1. The minimum Gasteiger partial charge on any atom is -0.391 e. The largest absolute Gasteiger partial charge is 0.391 e. The second-order valence-corrected chi connectivity index (χ2v) is 10.5. The number of amides is 1. The molecule has 2 aromatic heterocycles. The van der Waals surface area contributed by atoms with Crippen LogP contribution >= 0.6 is 11.6 Å². The molecule has 2 N–H and O–H groups in total. The van der Waals surface area contributed by atoms with Crippen LogP contribution in [0, 0.1) is 5.41 Å². The maximum Gasteiger partial charge on any atom is 0.226 e. The number of aliphatic hydroxyl groups is 1. The molecule has 2 aliphatic heterocycles. The molecule has 0 unspecified atom stereocenters. The van der Waals surface area contributed by atoms with E-state index < -0.39 is 0 Å². The molecule has 1 saturated carbocycles. The lowest BCUT2D eigenvalue weighted by molar-refractivity contribution is -0.128.